The second kappa shape index (κ2) is 6.38. The maximum Gasteiger partial charge on any atom is 0.0558 e. The van der Waals surface area contributed by atoms with E-state index in [1.165, 1.54) is 0 Å². The van der Waals surface area contributed by atoms with Crippen molar-refractivity contribution in [3.05, 3.63) is 12.2 Å². The highest BCUT2D eigenvalue weighted by Gasteiger charge is 1.91. The number of aliphatic hydroxyl groups excluding tert-OH is 1. The van der Waals surface area contributed by atoms with Gasteiger partial charge in [0.05, 0.1) is 6.61 Å². The van der Waals surface area contributed by atoms with E-state index in [0.29, 0.717) is 5.92 Å². The Morgan fingerprint density at radius 1 is 1.45 bits per heavy atom. The molecule has 0 bridgehead atoms. The molecule has 0 atom stereocenters. The van der Waals surface area contributed by atoms with Gasteiger partial charge in [0.1, 0.15) is 0 Å². The van der Waals surface area contributed by atoms with Crippen molar-refractivity contribution in [3.8, 4) is 0 Å². The average Bonchev–Trinajstić information content (AvgIpc) is 1.87. The highest BCUT2D eigenvalue weighted by atomic mass is 16.3. The first-order valence-electron chi connectivity index (χ1n) is 4.13. The monoisotopic (exact) mass is 157 g/mol. The van der Waals surface area contributed by atoms with Crippen LogP contribution in [0.2, 0.25) is 0 Å². The van der Waals surface area contributed by atoms with E-state index >= 15 is 0 Å². The summed E-state index contributed by atoms with van der Waals surface area (Å²) >= 11 is 0. The summed E-state index contributed by atoms with van der Waals surface area (Å²) in [7, 11) is 2.00. The van der Waals surface area contributed by atoms with Crippen molar-refractivity contribution in [1.82, 2.24) is 4.90 Å². The summed E-state index contributed by atoms with van der Waals surface area (Å²) < 4.78 is 0. The Morgan fingerprint density at radius 2 is 2.09 bits per heavy atom. The fourth-order valence-electron chi connectivity index (χ4n) is 0.775. The lowest BCUT2D eigenvalue weighted by molar-refractivity contribution is 0.232. The zero-order valence-electron chi connectivity index (χ0n) is 7.75. The second-order valence-corrected chi connectivity index (χ2v) is 3.16. The van der Waals surface area contributed by atoms with Crippen LogP contribution in [0.4, 0.5) is 0 Å². The second-order valence-electron chi connectivity index (χ2n) is 3.16. The average molecular weight is 157 g/mol. The van der Waals surface area contributed by atoms with Crippen LogP contribution in [0.1, 0.15) is 13.8 Å². The molecule has 0 amide bonds. The lowest BCUT2D eigenvalue weighted by Gasteiger charge is -2.11. The Labute approximate surface area is 69.5 Å². The van der Waals surface area contributed by atoms with Crippen LogP contribution < -0.4 is 0 Å². The summed E-state index contributed by atoms with van der Waals surface area (Å²) in [5, 5.41) is 8.58. The number of rotatable bonds is 5. The normalized spacial score (nSPS) is 12.2. The maximum atomic E-state index is 8.58. The maximum absolute atomic E-state index is 8.58. The number of allylic oxidation sites excluding steroid dienone is 1. The Hall–Kier alpha value is -0.340. The van der Waals surface area contributed by atoms with Crippen LogP contribution >= 0.6 is 0 Å². The number of nitrogens with zero attached hydrogens (tertiary/aromatic N) is 1. The highest BCUT2D eigenvalue weighted by Crippen LogP contribution is 1.93. The zero-order chi connectivity index (χ0) is 8.69. The molecule has 0 aromatic heterocycles. The molecule has 0 saturated heterocycles. The van der Waals surface area contributed by atoms with Crippen molar-refractivity contribution in [2.75, 3.05) is 26.7 Å². The van der Waals surface area contributed by atoms with Gasteiger partial charge in [-0.2, -0.15) is 0 Å². The zero-order valence-corrected chi connectivity index (χ0v) is 7.75. The van der Waals surface area contributed by atoms with E-state index in [1.807, 2.05) is 7.05 Å². The third-order valence-corrected chi connectivity index (χ3v) is 1.42. The van der Waals surface area contributed by atoms with E-state index in [4.69, 9.17) is 5.11 Å². The first-order chi connectivity index (χ1) is 5.16. The topological polar surface area (TPSA) is 23.5 Å². The molecule has 0 fully saturated rings. The summed E-state index contributed by atoms with van der Waals surface area (Å²) in [6.45, 7) is 6.23. The molecule has 0 aliphatic carbocycles. The van der Waals surface area contributed by atoms with Crippen molar-refractivity contribution < 1.29 is 5.11 Å². The molecule has 0 saturated carbocycles. The number of likely N-dealkylation sites (N-methyl/N-ethyl adjacent to an activating group) is 1. The van der Waals surface area contributed by atoms with Gasteiger partial charge in [0.25, 0.3) is 0 Å². The van der Waals surface area contributed by atoms with Crippen LogP contribution in [0.5, 0.6) is 0 Å². The molecule has 0 aliphatic rings. The third kappa shape index (κ3) is 7.56. The molecule has 0 heterocycles. The van der Waals surface area contributed by atoms with E-state index in [-0.39, 0.29) is 6.61 Å². The predicted molar refractivity (Wildman–Crippen MR) is 48.6 cm³/mol. The largest absolute Gasteiger partial charge is 0.395 e. The van der Waals surface area contributed by atoms with Crippen molar-refractivity contribution >= 4 is 0 Å². The van der Waals surface area contributed by atoms with E-state index < -0.39 is 0 Å². The fraction of sp³-hybridized carbons (Fsp3) is 0.778. The van der Waals surface area contributed by atoms with Gasteiger partial charge in [-0.25, -0.2) is 0 Å². The lowest BCUT2D eigenvalue weighted by Crippen LogP contribution is -2.21. The molecular formula is C9H19NO. The Kier molecular flexibility index (Phi) is 6.18. The van der Waals surface area contributed by atoms with Crippen LogP contribution in [0.15, 0.2) is 12.2 Å². The minimum Gasteiger partial charge on any atom is -0.395 e. The van der Waals surface area contributed by atoms with Crippen molar-refractivity contribution in [3.63, 3.8) is 0 Å². The van der Waals surface area contributed by atoms with E-state index in [1.54, 1.807) is 0 Å². The molecule has 2 nitrogen and oxygen atoms in total. The molecule has 2 heteroatoms. The summed E-state index contributed by atoms with van der Waals surface area (Å²) in [6, 6.07) is 0. The van der Waals surface area contributed by atoms with Gasteiger partial charge >= 0.3 is 0 Å². The van der Waals surface area contributed by atoms with Crippen LogP contribution in [0, 0.1) is 5.92 Å². The molecule has 0 rings (SSSR count). The molecular weight excluding hydrogens is 138 g/mol. The van der Waals surface area contributed by atoms with Crippen LogP contribution in [0.3, 0.4) is 0 Å². The predicted octanol–water partition coefficient (Wildman–Crippen LogP) is 1.12. The third-order valence-electron chi connectivity index (χ3n) is 1.42. The van der Waals surface area contributed by atoms with Gasteiger partial charge in [-0.3, -0.25) is 0 Å². The van der Waals surface area contributed by atoms with Crippen LogP contribution in [-0.4, -0.2) is 36.8 Å². The highest BCUT2D eigenvalue weighted by molar-refractivity contribution is 4.86. The standard InChI is InChI=1S/C9H19NO/c1-9(2)5-4-6-10(3)7-8-11/h4-5,9,11H,6-8H2,1-3H3/b5-4+. The molecule has 11 heavy (non-hydrogen) atoms. The van der Waals surface area contributed by atoms with Gasteiger partial charge in [0, 0.05) is 13.1 Å². The number of hydrogen-bond donors (Lipinski definition) is 1. The first-order valence-corrected chi connectivity index (χ1v) is 4.13. The number of aliphatic hydroxyl groups is 1. The van der Waals surface area contributed by atoms with Crippen LogP contribution in [-0.2, 0) is 0 Å². The smallest absolute Gasteiger partial charge is 0.0558 e. The van der Waals surface area contributed by atoms with E-state index in [0.717, 1.165) is 13.1 Å². The molecule has 0 radical (unpaired) electrons. The summed E-state index contributed by atoms with van der Waals surface area (Å²) in [4.78, 5) is 2.08. The molecule has 66 valence electrons. The van der Waals surface area contributed by atoms with Crippen LogP contribution in [0.25, 0.3) is 0 Å². The molecule has 0 spiro atoms. The van der Waals surface area contributed by atoms with E-state index in [9.17, 15) is 0 Å². The van der Waals surface area contributed by atoms with Gasteiger partial charge in [-0.15, -0.1) is 0 Å². The molecule has 0 aromatic rings. The Morgan fingerprint density at radius 3 is 2.55 bits per heavy atom. The summed E-state index contributed by atoms with van der Waals surface area (Å²) in [6.07, 6.45) is 4.31. The Bertz CT molecular complexity index is 110. The minimum absolute atomic E-state index is 0.242. The van der Waals surface area contributed by atoms with Crippen molar-refractivity contribution in [2.45, 2.75) is 13.8 Å². The molecule has 0 aliphatic heterocycles. The Balaban J connectivity index is 3.36. The van der Waals surface area contributed by atoms with Gasteiger partial charge in [0.15, 0.2) is 0 Å². The van der Waals surface area contributed by atoms with Gasteiger partial charge in [-0.05, 0) is 13.0 Å². The van der Waals surface area contributed by atoms with Crippen molar-refractivity contribution in [1.29, 1.82) is 0 Å². The van der Waals surface area contributed by atoms with Gasteiger partial charge < -0.3 is 10.0 Å². The first kappa shape index (κ1) is 10.7. The quantitative estimate of drug-likeness (QED) is 0.605. The van der Waals surface area contributed by atoms with E-state index in [2.05, 4.69) is 30.9 Å². The SMILES string of the molecule is CC(C)/C=C/CN(C)CCO. The van der Waals surface area contributed by atoms with Crippen molar-refractivity contribution in [2.24, 2.45) is 5.92 Å². The molecule has 1 N–H and O–H groups in total. The number of hydrogen-bond acceptors (Lipinski definition) is 2. The van der Waals surface area contributed by atoms with Gasteiger partial charge in [0.2, 0.25) is 0 Å². The summed E-state index contributed by atoms with van der Waals surface area (Å²) in [5.41, 5.74) is 0. The fourth-order valence-corrected chi connectivity index (χ4v) is 0.775. The minimum atomic E-state index is 0.242. The molecule has 0 unspecified atom stereocenters. The van der Waals surface area contributed by atoms with Gasteiger partial charge in [-0.1, -0.05) is 26.0 Å². The molecule has 0 aromatic carbocycles. The summed E-state index contributed by atoms with van der Waals surface area (Å²) in [5.74, 6) is 0.623. The lowest BCUT2D eigenvalue weighted by atomic mass is 10.2.